The third-order valence-electron chi connectivity index (χ3n) is 2.14. The van der Waals surface area contributed by atoms with Crippen LogP contribution in [0.15, 0.2) is 30.5 Å². The Balaban J connectivity index is 2.30. The molecular formula is C11H9ClFN3O. The minimum absolute atomic E-state index is 0.0775. The lowest BCUT2D eigenvalue weighted by Gasteiger charge is -2.08. The molecule has 2 rings (SSSR count). The third kappa shape index (κ3) is 2.69. The smallest absolute Gasteiger partial charge is 0.224 e. The number of nitrogens with zero attached hydrogens (tertiary/aromatic N) is 2. The van der Waals surface area contributed by atoms with Crippen LogP contribution in [0, 0.1) is 5.82 Å². The fourth-order valence-corrected chi connectivity index (χ4v) is 1.49. The fraction of sp³-hybridized carbons (Fsp3) is 0.0909. The summed E-state index contributed by atoms with van der Waals surface area (Å²) in [6.45, 7) is -0.355. The average molecular weight is 254 g/mol. The number of hydrogen-bond donors (Lipinski definition) is 2. The highest BCUT2D eigenvalue weighted by atomic mass is 35.5. The maximum Gasteiger partial charge on any atom is 0.224 e. The van der Waals surface area contributed by atoms with Crippen molar-refractivity contribution in [3.05, 3.63) is 47.1 Å². The summed E-state index contributed by atoms with van der Waals surface area (Å²) in [7, 11) is 0. The number of aromatic nitrogens is 2. The van der Waals surface area contributed by atoms with Gasteiger partial charge in [-0.1, -0.05) is 12.1 Å². The summed E-state index contributed by atoms with van der Waals surface area (Å²) in [5.41, 5.74) is 0.446. The Hall–Kier alpha value is -1.72. The second kappa shape index (κ2) is 5.07. The van der Waals surface area contributed by atoms with Crippen LogP contribution >= 0.6 is 11.6 Å². The van der Waals surface area contributed by atoms with E-state index in [0.29, 0.717) is 5.82 Å². The maximum absolute atomic E-state index is 13.8. The van der Waals surface area contributed by atoms with Crippen molar-refractivity contribution in [3.63, 3.8) is 0 Å². The molecule has 0 unspecified atom stereocenters. The molecule has 0 radical (unpaired) electrons. The van der Waals surface area contributed by atoms with Crippen molar-refractivity contribution >= 4 is 23.1 Å². The van der Waals surface area contributed by atoms with Gasteiger partial charge in [-0.25, -0.2) is 14.4 Å². The van der Waals surface area contributed by atoms with Crippen molar-refractivity contribution in [2.24, 2.45) is 0 Å². The lowest BCUT2D eigenvalue weighted by atomic mass is 10.2. The van der Waals surface area contributed by atoms with Gasteiger partial charge in [0.25, 0.3) is 0 Å². The van der Waals surface area contributed by atoms with E-state index in [9.17, 15) is 4.39 Å². The molecule has 1 heterocycles. The maximum atomic E-state index is 13.8. The molecule has 0 saturated heterocycles. The van der Waals surface area contributed by atoms with E-state index >= 15 is 0 Å². The number of benzene rings is 1. The highest BCUT2D eigenvalue weighted by molar-refractivity contribution is 6.28. The van der Waals surface area contributed by atoms with Crippen molar-refractivity contribution in [3.8, 4) is 0 Å². The summed E-state index contributed by atoms with van der Waals surface area (Å²) in [6, 6.07) is 6.26. The molecule has 17 heavy (non-hydrogen) atoms. The number of halogens is 2. The fourth-order valence-electron chi connectivity index (χ4n) is 1.34. The van der Waals surface area contributed by atoms with E-state index in [2.05, 4.69) is 15.3 Å². The molecule has 0 saturated carbocycles. The van der Waals surface area contributed by atoms with Gasteiger partial charge in [0.05, 0.1) is 12.3 Å². The Bertz CT molecular complexity index is 536. The van der Waals surface area contributed by atoms with Crippen LogP contribution in [-0.4, -0.2) is 15.1 Å². The Morgan fingerprint density at radius 1 is 1.35 bits per heavy atom. The lowest BCUT2D eigenvalue weighted by Crippen LogP contribution is -1.99. The molecule has 1 aromatic carbocycles. The van der Waals surface area contributed by atoms with E-state index in [-0.39, 0.29) is 23.1 Å². The first-order valence-corrected chi connectivity index (χ1v) is 5.22. The van der Waals surface area contributed by atoms with E-state index in [1.54, 1.807) is 18.2 Å². The summed E-state index contributed by atoms with van der Waals surface area (Å²) >= 11 is 5.61. The number of aliphatic hydroxyl groups is 1. The van der Waals surface area contributed by atoms with Crippen LogP contribution in [0.3, 0.4) is 0 Å². The van der Waals surface area contributed by atoms with Crippen molar-refractivity contribution < 1.29 is 9.50 Å². The molecule has 0 fully saturated rings. The van der Waals surface area contributed by atoms with Crippen LogP contribution in [0.1, 0.15) is 5.56 Å². The third-order valence-corrected chi connectivity index (χ3v) is 2.32. The number of hydrogen-bond acceptors (Lipinski definition) is 4. The normalized spacial score (nSPS) is 10.3. The van der Waals surface area contributed by atoms with Gasteiger partial charge in [0.2, 0.25) is 5.28 Å². The summed E-state index contributed by atoms with van der Waals surface area (Å²) in [5.74, 6) is -0.122. The monoisotopic (exact) mass is 253 g/mol. The minimum Gasteiger partial charge on any atom is -0.392 e. The zero-order valence-corrected chi connectivity index (χ0v) is 9.45. The Labute approximate surface area is 102 Å². The van der Waals surface area contributed by atoms with Crippen LogP contribution < -0.4 is 5.32 Å². The zero-order chi connectivity index (χ0) is 12.3. The van der Waals surface area contributed by atoms with Crippen molar-refractivity contribution in [1.29, 1.82) is 0 Å². The molecule has 0 bridgehead atoms. The minimum atomic E-state index is -0.510. The molecule has 0 spiro atoms. The zero-order valence-electron chi connectivity index (χ0n) is 8.69. The van der Waals surface area contributed by atoms with Gasteiger partial charge in [-0.3, -0.25) is 0 Å². The predicted octanol–water partition coefficient (Wildman–Crippen LogP) is 2.50. The predicted molar refractivity (Wildman–Crippen MR) is 62.6 cm³/mol. The first-order valence-electron chi connectivity index (χ1n) is 4.84. The van der Waals surface area contributed by atoms with E-state index in [0.717, 1.165) is 0 Å². The van der Waals surface area contributed by atoms with Crippen LogP contribution in [-0.2, 0) is 6.61 Å². The molecule has 0 aliphatic rings. The second-order valence-electron chi connectivity index (χ2n) is 3.27. The van der Waals surface area contributed by atoms with Gasteiger partial charge in [-0.05, 0) is 23.7 Å². The largest absolute Gasteiger partial charge is 0.392 e. The molecule has 0 atom stereocenters. The van der Waals surface area contributed by atoms with Gasteiger partial charge in [0.1, 0.15) is 5.82 Å². The van der Waals surface area contributed by atoms with Crippen LogP contribution in [0.4, 0.5) is 15.9 Å². The average Bonchev–Trinajstić information content (AvgIpc) is 2.32. The molecule has 0 amide bonds. The summed E-state index contributed by atoms with van der Waals surface area (Å²) in [6.07, 6.45) is 1.46. The molecule has 1 aromatic heterocycles. The Kier molecular flexibility index (Phi) is 3.51. The van der Waals surface area contributed by atoms with Crippen molar-refractivity contribution in [1.82, 2.24) is 9.97 Å². The number of rotatable bonds is 3. The number of nitrogens with one attached hydrogen (secondary N) is 1. The standard InChI is InChI=1S/C11H9ClFN3O/c12-11-14-5-4-9(16-11)15-8-3-1-2-7(6-17)10(8)13/h1-5,17H,6H2,(H,14,15,16). The first-order chi connectivity index (χ1) is 8.20. The van der Waals surface area contributed by atoms with Gasteiger partial charge < -0.3 is 10.4 Å². The van der Waals surface area contributed by atoms with E-state index in [1.165, 1.54) is 12.3 Å². The second-order valence-corrected chi connectivity index (χ2v) is 3.61. The molecule has 6 heteroatoms. The van der Waals surface area contributed by atoms with Crippen molar-refractivity contribution in [2.45, 2.75) is 6.61 Å². The van der Waals surface area contributed by atoms with Gasteiger partial charge >= 0.3 is 0 Å². The quantitative estimate of drug-likeness (QED) is 0.826. The first kappa shape index (κ1) is 11.8. The van der Waals surface area contributed by atoms with Crippen LogP contribution in [0.2, 0.25) is 5.28 Å². The molecule has 2 aromatic rings. The molecule has 4 nitrogen and oxygen atoms in total. The van der Waals surface area contributed by atoms with Gasteiger partial charge in [0.15, 0.2) is 5.82 Å². The van der Waals surface area contributed by atoms with Gasteiger partial charge in [0, 0.05) is 11.8 Å². The van der Waals surface area contributed by atoms with Crippen LogP contribution in [0.25, 0.3) is 0 Å². The molecule has 88 valence electrons. The van der Waals surface area contributed by atoms with E-state index < -0.39 is 5.82 Å². The number of aliphatic hydroxyl groups excluding tert-OH is 1. The Morgan fingerprint density at radius 2 is 2.18 bits per heavy atom. The van der Waals surface area contributed by atoms with Crippen molar-refractivity contribution in [2.75, 3.05) is 5.32 Å². The molecule has 0 aliphatic carbocycles. The lowest BCUT2D eigenvalue weighted by molar-refractivity contribution is 0.276. The highest BCUT2D eigenvalue weighted by Gasteiger charge is 2.07. The van der Waals surface area contributed by atoms with E-state index in [4.69, 9.17) is 16.7 Å². The molecule has 2 N–H and O–H groups in total. The molecule has 0 aliphatic heterocycles. The number of anilines is 2. The van der Waals surface area contributed by atoms with E-state index in [1.807, 2.05) is 0 Å². The summed E-state index contributed by atoms with van der Waals surface area (Å²) in [5, 5.41) is 11.8. The topological polar surface area (TPSA) is 58.0 Å². The highest BCUT2D eigenvalue weighted by Crippen LogP contribution is 2.21. The van der Waals surface area contributed by atoms with Gasteiger partial charge in [-0.15, -0.1) is 0 Å². The SMILES string of the molecule is OCc1cccc(Nc2ccnc(Cl)n2)c1F. The van der Waals surface area contributed by atoms with Crippen LogP contribution in [0.5, 0.6) is 0 Å². The molecular weight excluding hydrogens is 245 g/mol. The summed E-state index contributed by atoms with van der Waals surface area (Å²) in [4.78, 5) is 7.60. The Morgan fingerprint density at radius 3 is 2.88 bits per heavy atom. The summed E-state index contributed by atoms with van der Waals surface area (Å²) < 4.78 is 13.8. The van der Waals surface area contributed by atoms with Gasteiger partial charge in [-0.2, -0.15) is 0 Å².